The first-order chi connectivity index (χ1) is 7.04. The molecule has 3 nitrogen and oxygen atoms in total. The van der Waals surface area contributed by atoms with Gasteiger partial charge < -0.3 is 5.32 Å². The Bertz CT molecular complexity index is 412. The molecule has 0 spiro atoms. The Morgan fingerprint density at radius 3 is 2.73 bits per heavy atom. The van der Waals surface area contributed by atoms with E-state index in [0.717, 1.165) is 11.1 Å². The number of carbonyl (C=O) groups excluding carboxylic acids is 1. The molecular weight excluding hydrogens is 212 g/mol. The van der Waals surface area contributed by atoms with Crippen molar-refractivity contribution >= 4 is 23.2 Å². The zero-order valence-corrected chi connectivity index (χ0v) is 9.35. The van der Waals surface area contributed by atoms with Gasteiger partial charge in [-0.05, 0) is 31.0 Å². The van der Waals surface area contributed by atoms with E-state index in [1.54, 1.807) is 12.1 Å². The lowest BCUT2D eigenvalue weighted by Crippen LogP contribution is -2.11. The van der Waals surface area contributed by atoms with Gasteiger partial charge in [0, 0.05) is 0 Å². The highest BCUT2D eigenvalue weighted by Gasteiger charge is 2.08. The summed E-state index contributed by atoms with van der Waals surface area (Å²) in [6.45, 7) is 3.79. The van der Waals surface area contributed by atoms with Crippen LogP contribution in [0.1, 0.15) is 17.5 Å². The van der Waals surface area contributed by atoms with Crippen LogP contribution in [0.5, 0.6) is 0 Å². The number of carbonyl (C=O) groups is 1. The molecule has 1 aromatic carbocycles. The number of nitrogens with zero attached hydrogens (tertiary/aromatic N) is 1. The predicted molar refractivity (Wildman–Crippen MR) is 59.8 cm³/mol. The van der Waals surface area contributed by atoms with E-state index in [4.69, 9.17) is 16.9 Å². The van der Waals surface area contributed by atoms with Crippen LogP contribution in [0.4, 0.5) is 5.69 Å². The summed E-state index contributed by atoms with van der Waals surface area (Å²) in [5.41, 5.74) is 2.52. The third kappa shape index (κ3) is 2.97. The lowest BCUT2D eigenvalue weighted by atomic mass is 10.1. The molecule has 0 saturated heterocycles. The van der Waals surface area contributed by atoms with Crippen LogP contribution < -0.4 is 5.32 Å². The van der Waals surface area contributed by atoms with Gasteiger partial charge in [-0.15, -0.1) is 0 Å². The lowest BCUT2D eigenvalue weighted by Gasteiger charge is -2.10. The van der Waals surface area contributed by atoms with Crippen molar-refractivity contribution in [1.29, 1.82) is 5.26 Å². The standard InChI is InChI=1S/C11H11ClN2O/c1-7-5-8(2)11(9(12)6-7)14-10(15)3-4-13/h5-6H,3H2,1-2H3,(H,14,15). The first kappa shape index (κ1) is 11.5. The molecule has 1 aromatic rings. The second-order valence-electron chi connectivity index (χ2n) is 3.32. The van der Waals surface area contributed by atoms with Gasteiger partial charge in [0.2, 0.25) is 5.91 Å². The highest BCUT2D eigenvalue weighted by atomic mass is 35.5. The zero-order valence-electron chi connectivity index (χ0n) is 8.60. The minimum absolute atomic E-state index is 0.163. The lowest BCUT2D eigenvalue weighted by molar-refractivity contribution is -0.115. The molecule has 1 rings (SSSR count). The number of nitriles is 1. The van der Waals surface area contributed by atoms with Gasteiger partial charge in [-0.2, -0.15) is 5.26 Å². The van der Waals surface area contributed by atoms with E-state index in [2.05, 4.69) is 5.32 Å². The normalized spacial score (nSPS) is 9.47. The molecule has 1 N–H and O–H groups in total. The number of benzene rings is 1. The summed E-state index contributed by atoms with van der Waals surface area (Å²) < 4.78 is 0. The average molecular weight is 223 g/mol. The molecule has 1 amide bonds. The van der Waals surface area contributed by atoms with Crippen molar-refractivity contribution in [3.8, 4) is 6.07 Å². The van der Waals surface area contributed by atoms with Gasteiger partial charge in [-0.1, -0.05) is 17.7 Å². The highest BCUT2D eigenvalue weighted by Crippen LogP contribution is 2.27. The molecule has 0 unspecified atom stereocenters. The average Bonchev–Trinajstić information content (AvgIpc) is 2.11. The second-order valence-corrected chi connectivity index (χ2v) is 3.73. The maximum Gasteiger partial charge on any atom is 0.238 e. The molecule has 15 heavy (non-hydrogen) atoms. The molecule has 0 saturated carbocycles. The van der Waals surface area contributed by atoms with Crippen LogP contribution in [0.2, 0.25) is 5.02 Å². The fourth-order valence-electron chi connectivity index (χ4n) is 1.33. The fraction of sp³-hybridized carbons (Fsp3) is 0.273. The minimum atomic E-state index is -0.341. The SMILES string of the molecule is Cc1cc(C)c(NC(=O)CC#N)c(Cl)c1. The van der Waals surface area contributed by atoms with Crippen LogP contribution in [0.3, 0.4) is 0 Å². The fourth-order valence-corrected chi connectivity index (χ4v) is 1.70. The quantitative estimate of drug-likeness (QED) is 0.837. The van der Waals surface area contributed by atoms with E-state index in [0.29, 0.717) is 10.7 Å². The molecule has 0 aliphatic carbocycles. The van der Waals surface area contributed by atoms with Crippen molar-refractivity contribution in [2.45, 2.75) is 20.3 Å². The van der Waals surface area contributed by atoms with Crippen molar-refractivity contribution < 1.29 is 4.79 Å². The molecule has 0 bridgehead atoms. The first-order valence-corrected chi connectivity index (χ1v) is 4.86. The van der Waals surface area contributed by atoms with Crippen LogP contribution in [-0.4, -0.2) is 5.91 Å². The van der Waals surface area contributed by atoms with Gasteiger partial charge in [0.25, 0.3) is 0 Å². The number of anilines is 1. The highest BCUT2D eigenvalue weighted by molar-refractivity contribution is 6.34. The largest absolute Gasteiger partial charge is 0.324 e. The Kier molecular flexibility index (Phi) is 3.70. The maximum atomic E-state index is 11.2. The van der Waals surface area contributed by atoms with Gasteiger partial charge in [-0.25, -0.2) is 0 Å². The van der Waals surface area contributed by atoms with Crippen LogP contribution in [0.25, 0.3) is 0 Å². The number of aryl methyl sites for hydroxylation is 2. The van der Waals surface area contributed by atoms with Crippen molar-refractivity contribution in [3.63, 3.8) is 0 Å². The van der Waals surface area contributed by atoms with E-state index in [9.17, 15) is 4.79 Å². The Morgan fingerprint density at radius 2 is 2.20 bits per heavy atom. The van der Waals surface area contributed by atoms with Crippen LogP contribution in [0.15, 0.2) is 12.1 Å². The van der Waals surface area contributed by atoms with Gasteiger partial charge in [0.15, 0.2) is 0 Å². The summed E-state index contributed by atoms with van der Waals surface area (Å²) in [4.78, 5) is 11.2. The molecule has 0 aliphatic heterocycles. The second kappa shape index (κ2) is 4.81. The Morgan fingerprint density at radius 1 is 1.53 bits per heavy atom. The van der Waals surface area contributed by atoms with Crippen molar-refractivity contribution in [1.82, 2.24) is 0 Å². The molecular formula is C11H11ClN2O. The molecule has 0 radical (unpaired) electrons. The third-order valence-electron chi connectivity index (χ3n) is 1.94. The number of halogens is 1. The first-order valence-electron chi connectivity index (χ1n) is 4.48. The van der Waals surface area contributed by atoms with Gasteiger partial charge >= 0.3 is 0 Å². The van der Waals surface area contributed by atoms with Gasteiger partial charge in [-0.3, -0.25) is 4.79 Å². The van der Waals surface area contributed by atoms with Gasteiger partial charge in [0.1, 0.15) is 6.42 Å². The zero-order chi connectivity index (χ0) is 11.4. The number of hydrogen-bond acceptors (Lipinski definition) is 2. The third-order valence-corrected chi connectivity index (χ3v) is 2.23. The Balaban J connectivity index is 2.96. The van der Waals surface area contributed by atoms with E-state index >= 15 is 0 Å². The van der Waals surface area contributed by atoms with Crippen LogP contribution >= 0.6 is 11.6 Å². The topological polar surface area (TPSA) is 52.9 Å². The maximum absolute atomic E-state index is 11.2. The molecule has 0 heterocycles. The minimum Gasteiger partial charge on any atom is -0.324 e. The molecule has 4 heteroatoms. The van der Waals surface area contributed by atoms with E-state index in [1.807, 2.05) is 19.9 Å². The Hall–Kier alpha value is -1.53. The van der Waals surface area contributed by atoms with Crippen LogP contribution in [0, 0.1) is 25.2 Å². The smallest absolute Gasteiger partial charge is 0.238 e. The number of nitrogens with one attached hydrogen (secondary N) is 1. The molecule has 78 valence electrons. The molecule has 0 fully saturated rings. The predicted octanol–water partition coefficient (Wildman–Crippen LogP) is 2.81. The number of hydrogen-bond donors (Lipinski definition) is 1. The van der Waals surface area contributed by atoms with Crippen molar-refractivity contribution in [2.75, 3.05) is 5.32 Å². The van der Waals surface area contributed by atoms with Crippen molar-refractivity contribution in [3.05, 3.63) is 28.3 Å². The van der Waals surface area contributed by atoms with Crippen LogP contribution in [-0.2, 0) is 4.79 Å². The number of rotatable bonds is 2. The molecule has 0 aromatic heterocycles. The summed E-state index contributed by atoms with van der Waals surface area (Å²) in [5.74, 6) is -0.341. The molecule has 0 aliphatic rings. The number of amides is 1. The van der Waals surface area contributed by atoms with Crippen molar-refractivity contribution in [2.24, 2.45) is 0 Å². The Labute approximate surface area is 93.7 Å². The monoisotopic (exact) mass is 222 g/mol. The summed E-state index contributed by atoms with van der Waals surface area (Å²) >= 11 is 5.98. The van der Waals surface area contributed by atoms with E-state index in [1.165, 1.54) is 0 Å². The summed E-state index contributed by atoms with van der Waals surface area (Å²) in [5, 5.41) is 11.5. The van der Waals surface area contributed by atoms with E-state index in [-0.39, 0.29) is 12.3 Å². The molecule has 0 atom stereocenters. The summed E-state index contributed by atoms with van der Waals surface area (Å²) in [7, 11) is 0. The summed E-state index contributed by atoms with van der Waals surface area (Å²) in [6, 6.07) is 5.48. The van der Waals surface area contributed by atoms with Gasteiger partial charge in [0.05, 0.1) is 16.8 Å². The summed E-state index contributed by atoms with van der Waals surface area (Å²) in [6.07, 6.45) is -0.163. The van der Waals surface area contributed by atoms with E-state index < -0.39 is 0 Å².